The number of halogens is 1. The SMILES string of the molecule is CCOc1ccc(SCC(=O)NC(CN)CC(C)C)cc1.Cl. The number of ether oxygens (including phenoxy) is 1. The average molecular weight is 347 g/mol. The van der Waals surface area contributed by atoms with Crippen molar-refractivity contribution in [3.05, 3.63) is 24.3 Å². The molecule has 1 unspecified atom stereocenters. The lowest BCUT2D eigenvalue weighted by Crippen LogP contribution is -2.41. The Labute approximate surface area is 144 Å². The summed E-state index contributed by atoms with van der Waals surface area (Å²) < 4.78 is 5.39. The van der Waals surface area contributed by atoms with Crippen LogP contribution in [0.1, 0.15) is 27.2 Å². The molecular weight excluding hydrogens is 320 g/mol. The maximum absolute atomic E-state index is 11.9. The molecular formula is C16H27ClN2O2S. The molecule has 0 bridgehead atoms. The Hall–Kier alpha value is -0.910. The smallest absolute Gasteiger partial charge is 0.230 e. The summed E-state index contributed by atoms with van der Waals surface area (Å²) >= 11 is 1.52. The first-order valence-electron chi connectivity index (χ1n) is 7.40. The van der Waals surface area contributed by atoms with Crippen LogP contribution in [0.15, 0.2) is 29.2 Å². The van der Waals surface area contributed by atoms with Crippen molar-refractivity contribution in [1.82, 2.24) is 5.32 Å². The second-order valence-corrected chi connectivity index (χ2v) is 6.37. The third-order valence-electron chi connectivity index (χ3n) is 2.91. The Morgan fingerprint density at radius 3 is 2.45 bits per heavy atom. The number of carbonyl (C=O) groups excluding carboxylic acids is 1. The molecule has 1 atom stereocenters. The molecule has 3 N–H and O–H groups in total. The van der Waals surface area contributed by atoms with Gasteiger partial charge in [-0.15, -0.1) is 24.2 Å². The molecule has 0 saturated heterocycles. The molecule has 6 heteroatoms. The molecule has 1 rings (SSSR count). The summed E-state index contributed by atoms with van der Waals surface area (Å²) in [5.74, 6) is 1.82. The van der Waals surface area contributed by atoms with Gasteiger partial charge in [-0.05, 0) is 43.5 Å². The van der Waals surface area contributed by atoms with Crippen molar-refractivity contribution in [3.63, 3.8) is 0 Å². The number of hydrogen-bond donors (Lipinski definition) is 2. The summed E-state index contributed by atoms with van der Waals surface area (Å²) in [4.78, 5) is 13.0. The number of amides is 1. The summed E-state index contributed by atoms with van der Waals surface area (Å²) in [7, 11) is 0. The first kappa shape index (κ1) is 21.1. The van der Waals surface area contributed by atoms with Gasteiger partial charge in [-0.2, -0.15) is 0 Å². The molecule has 0 aromatic heterocycles. The molecule has 0 radical (unpaired) electrons. The third-order valence-corrected chi connectivity index (χ3v) is 3.92. The standard InChI is InChI=1S/C16H26N2O2S.ClH/c1-4-20-14-5-7-15(8-6-14)21-11-16(19)18-13(10-17)9-12(2)3;/h5-8,12-13H,4,9-11,17H2,1-3H3,(H,18,19);1H. The molecule has 0 aliphatic heterocycles. The van der Waals surface area contributed by atoms with Gasteiger partial charge in [0.1, 0.15) is 5.75 Å². The molecule has 0 saturated carbocycles. The molecule has 4 nitrogen and oxygen atoms in total. The molecule has 0 heterocycles. The highest BCUT2D eigenvalue weighted by atomic mass is 35.5. The molecule has 0 aliphatic rings. The quantitative estimate of drug-likeness (QED) is 0.674. The Kier molecular flexibility index (Phi) is 11.1. The van der Waals surface area contributed by atoms with E-state index in [1.165, 1.54) is 11.8 Å². The molecule has 1 aromatic carbocycles. The fourth-order valence-electron chi connectivity index (χ4n) is 2.00. The van der Waals surface area contributed by atoms with Crippen LogP contribution < -0.4 is 15.8 Å². The van der Waals surface area contributed by atoms with E-state index in [2.05, 4.69) is 19.2 Å². The van der Waals surface area contributed by atoms with Crippen molar-refractivity contribution < 1.29 is 9.53 Å². The van der Waals surface area contributed by atoms with E-state index >= 15 is 0 Å². The fourth-order valence-corrected chi connectivity index (χ4v) is 2.71. The van der Waals surface area contributed by atoms with Gasteiger partial charge in [-0.3, -0.25) is 4.79 Å². The average Bonchev–Trinajstić information content (AvgIpc) is 2.45. The summed E-state index contributed by atoms with van der Waals surface area (Å²) in [5, 5.41) is 2.99. The van der Waals surface area contributed by atoms with Crippen molar-refractivity contribution in [2.24, 2.45) is 11.7 Å². The first-order chi connectivity index (χ1) is 10.0. The summed E-state index contributed by atoms with van der Waals surface area (Å²) in [6, 6.07) is 7.85. The second kappa shape index (κ2) is 11.6. The predicted octanol–water partition coefficient (Wildman–Crippen LogP) is 3.09. The molecule has 126 valence electrons. The van der Waals surface area contributed by atoms with Gasteiger partial charge in [0.2, 0.25) is 5.91 Å². The van der Waals surface area contributed by atoms with E-state index in [1.807, 2.05) is 31.2 Å². The van der Waals surface area contributed by atoms with Crippen molar-refractivity contribution in [2.75, 3.05) is 18.9 Å². The van der Waals surface area contributed by atoms with Gasteiger partial charge in [-0.25, -0.2) is 0 Å². The van der Waals surface area contributed by atoms with Crippen LogP contribution in [-0.4, -0.2) is 30.9 Å². The van der Waals surface area contributed by atoms with Gasteiger partial charge in [0, 0.05) is 17.5 Å². The van der Waals surface area contributed by atoms with Crippen LogP contribution >= 0.6 is 24.2 Å². The number of nitrogens with two attached hydrogens (primary N) is 1. The Bertz CT molecular complexity index is 427. The van der Waals surface area contributed by atoms with Crippen molar-refractivity contribution >= 4 is 30.1 Å². The zero-order valence-electron chi connectivity index (χ0n) is 13.5. The summed E-state index contributed by atoms with van der Waals surface area (Å²) in [6.07, 6.45) is 0.913. The zero-order chi connectivity index (χ0) is 15.7. The number of thioether (sulfide) groups is 1. The van der Waals surface area contributed by atoms with Crippen molar-refractivity contribution in [2.45, 2.75) is 38.1 Å². The highest BCUT2D eigenvalue weighted by molar-refractivity contribution is 8.00. The lowest BCUT2D eigenvalue weighted by molar-refractivity contribution is -0.119. The van der Waals surface area contributed by atoms with Crippen LogP contribution in [0, 0.1) is 5.92 Å². The van der Waals surface area contributed by atoms with Gasteiger partial charge in [0.05, 0.1) is 12.4 Å². The maximum atomic E-state index is 11.9. The van der Waals surface area contributed by atoms with Gasteiger partial charge in [0.25, 0.3) is 0 Å². The Morgan fingerprint density at radius 2 is 1.95 bits per heavy atom. The van der Waals surface area contributed by atoms with E-state index in [1.54, 1.807) is 0 Å². The van der Waals surface area contributed by atoms with Gasteiger partial charge < -0.3 is 15.8 Å². The highest BCUT2D eigenvalue weighted by Gasteiger charge is 2.12. The second-order valence-electron chi connectivity index (χ2n) is 5.32. The van der Waals surface area contributed by atoms with E-state index < -0.39 is 0 Å². The van der Waals surface area contributed by atoms with Crippen molar-refractivity contribution in [3.8, 4) is 5.75 Å². The van der Waals surface area contributed by atoms with Crippen LogP contribution in [0.2, 0.25) is 0 Å². The molecule has 0 fully saturated rings. The van der Waals surface area contributed by atoms with E-state index in [4.69, 9.17) is 10.5 Å². The monoisotopic (exact) mass is 346 g/mol. The largest absolute Gasteiger partial charge is 0.494 e. The Morgan fingerprint density at radius 1 is 1.32 bits per heavy atom. The first-order valence-corrected chi connectivity index (χ1v) is 8.38. The fraction of sp³-hybridized carbons (Fsp3) is 0.562. The van der Waals surface area contributed by atoms with Gasteiger partial charge in [-0.1, -0.05) is 13.8 Å². The summed E-state index contributed by atoms with van der Waals surface area (Å²) in [5.41, 5.74) is 5.69. The molecule has 1 aromatic rings. The molecule has 22 heavy (non-hydrogen) atoms. The topological polar surface area (TPSA) is 64.3 Å². The van der Waals surface area contributed by atoms with Crippen LogP contribution in [0.3, 0.4) is 0 Å². The van der Waals surface area contributed by atoms with E-state index in [-0.39, 0.29) is 24.4 Å². The third kappa shape index (κ3) is 8.51. The summed E-state index contributed by atoms with van der Waals surface area (Å²) in [6.45, 7) is 7.36. The number of rotatable bonds is 9. The van der Waals surface area contributed by atoms with Gasteiger partial charge in [0.15, 0.2) is 0 Å². The molecule has 0 spiro atoms. The Balaban J connectivity index is 0.00000441. The molecule has 1 amide bonds. The zero-order valence-corrected chi connectivity index (χ0v) is 15.1. The number of nitrogens with one attached hydrogen (secondary N) is 1. The lowest BCUT2D eigenvalue weighted by Gasteiger charge is -2.18. The van der Waals surface area contributed by atoms with Crippen LogP contribution in [0.4, 0.5) is 0 Å². The minimum absolute atomic E-state index is 0. The number of hydrogen-bond acceptors (Lipinski definition) is 4. The highest BCUT2D eigenvalue weighted by Crippen LogP contribution is 2.21. The predicted molar refractivity (Wildman–Crippen MR) is 96.0 cm³/mol. The maximum Gasteiger partial charge on any atom is 0.230 e. The van der Waals surface area contributed by atoms with Crippen LogP contribution in [0.25, 0.3) is 0 Å². The number of benzene rings is 1. The minimum Gasteiger partial charge on any atom is -0.494 e. The van der Waals surface area contributed by atoms with E-state index in [0.29, 0.717) is 24.8 Å². The van der Waals surface area contributed by atoms with Crippen molar-refractivity contribution in [1.29, 1.82) is 0 Å². The van der Waals surface area contributed by atoms with E-state index in [0.717, 1.165) is 17.1 Å². The van der Waals surface area contributed by atoms with Crippen LogP contribution in [-0.2, 0) is 4.79 Å². The van der Waals surface area contributed by atoms with E-state index in [9.17, 15) is 4.79 Å². The number of carbonyl (C=O) groups is 1. The molecule has 0 aliphatic carbocycles. The van der Waals surface area contributed by atoms with Gasteiger partial charge >= 0.3 is 0 Å². The van der Waals surface area contributed by atoms with Crippen LogP contribution in [0.5, 0.6) is 5.75 Å². The normalized spacial score (nSPS) is 11.7. The lowest BCUT2D eigenvalue weighted by atomic mass is 10.0. The minimum atomic E-state index is 0.